The molecule has 3 amide bonds. The fraction of sp³-hybridized carbons (Fsp3) is 0.433. The maximum Gasteiger partial charge on any atom is 0.343 e. The Morgan fingerprint density at radius 3 is 2.34 bits per heavy atom. The molecule has 0 saturated carbocycles. The van der Waals surface area contributed by atoms with Crippen LogP contribution in [0.3, 0.4) is 0 Å². The van der Waals surface area contributed by atoms with Crippen LogP contribution in [-0.4, -0.2) is 77.6 Å². The van der Waals surface area contributed by atoms with E-state index in [1.54, 1.807) is 29.2 Å². The summed E-state index contributed by atoms with van der Waals surface area (Å²) in [7, 11) is 0. The SMILES string of the molecule is CCOC(=O)C(CCOc1ccc(C(=O)N2CCC(N3C(=O)CCc4ccccc43)CC2)cc1)(NC(C)=O)C(=O)O. The fourth-order valence-electron chi connectivity index (χ4n) is 5.40. The molecule has 218 valence electrons. The topological polar surface area (TPSA) is 143 Å². The average Bonchev–Trinajstić information content (AvgIpc) is 2.96. The van der Waals surface area contributed by atoms with Gasteiger partial charge in [-0.15, -0.1) is 0 Å². The Bertz CT molecular complexity index is 1300. The Morgan fingerprint density at radius 2 is 1.71 bits per heavy atom. The number of hydrogen-bond donors (Lipinski definition) is 2. The predicted octanol–water partition coefficient (Wildman–Crippen LogP) is 2.56. The second-order valence-electron chi connectivity index (χ2n) is 10.2. The normalized spacial score (nSPS) is 16.8. The lowest BCUT2D eigenvalue weighted by molar-refractivity contribution is -0.165. The van der Waals surface area contributed by atoms with Crippen molar-refractivity contribution in [2.45, 2.75) is 57.5 Å². The minimum absolute atomic E-state index is 0.0498. The molecular formula is C30H35N3O8. The highest BCUT2D eigenvalue weighted by atomic mass is 16.5. The number of para-hydroxylation sites is 1. The Hall–Kier alpha value is -4.41. The molecule has 41 heavy (non-hydrogen) atoms. The first kappa shape index (κ1) is 29.6. The molecule has 2 heterocycles. The molecule has 2 aromatic rings. The molecule has 2 aromatic carbocycles. The second-order valence-corrected chi connectivity index (χ2v) is 10.2. The van der Waals surface area contributed by atoms with E-state index in [1.165, 1.54) is 12.5 Å². The van der Waals surface area contributed by atoms with Crippen molar-refractivity contribution in [2.75, 3.05) is 31.2 Å². The van der Waals surface area contributed by atoms with E-state index in [1.807, 2.05) is 23.1 Å². The Labute approximate surface area is 238 Å². The van der Waals surface area contributed by atoms with Crippen molar-refractivity contribution in [1.82, 2.24) is 10.2 Å². The van der Waals surface area contributed by atoms with Gasteiger partial charge in [0.05, 0.1) is 13.2 Å². The molecule has 0 aromatic heterocycles. The number of carboxylic acids is 1. The van der Waals surface area contributed by atoms with Crippen molar-refractivity contribution in [3.05, 3.63) is 59.7 Å². The zero-order chi connectivity index (χ0) is 29.6. The number of nitrogens with zero attached hydrogens (tertiary/aromatic N) is 2. The van der Waals surface area contributed by atoms with Gasteiger partial charge in [0.2, 0.25) is 17.4 Å². The number of carbonyl (C=O) groups is 5. The van der Waals surface area contributed by atoms with Crippen LogP contribution in [0.5, 0.6) is 5.75 Å². The Kier molecular flexibility index (Phi) is 9.26. The summed E-state index contributed by atoms with van der Waals surface area (Å²) in [4.78, 5) is 65.6. The monoisotopic (exact) mass is 565 g/mol. The summed E-state index contributed by atoms with van der Waals surface area (Å²) in [6, 6.07) is 14.5. The van der Waals surface area contributed by atoms with Gasteiger partial charge in [0, 0.05) is 50.1 Å². The highest BCUT2D eigenvalue weighted by Crippen LogP contribution is 2.32. The van der Waals surface area contributed by atoms with Crippen LogP contribution in [0.15, 0.2) is 48.5 Å². The third kappa shape index (κ3) is 6.50. The molecular weight excluding hydrogens is 530 g/mol. The van der Waals surface area contributed by atoms with Gasteiger partial charge in [0.15, 0.2) is 0 Å². The van der Waals surface area contributed by atoms with E-state index in [0.717, 1.165) is 19.0 Å². The number of amides is 3. The first-order chi connectivity index (χ1) is 19.7. The number of aryl methyl sites for hydroxylation is 1. The lowest BCUT2D eigenvalue weighted by Crippen LogP contribution is -2.61. The molecule has 11 heteroatoms. The molecule has 11 nitrogen and oxygen atoms in total. The van der Waals surface area contributed by atoms with Crippen LogP contribution < -0.4 is 15.0 Å². The van der Waals surface area contributed by atoms with Gasteiger partial charge in [-0.05, 0) is 62.1 Å². The summed E-state index contributed by atoms with van der Waals surface area (Å²) >= 11 is 0. The number of benzene rings is 2. The van der Waals surface area contributed by atoms with Gasteiger partial charge >= 0.3 is 11.9 Å². The third-order valence-electron chi connectivity index (χ3n) is 7.47. The zero-order valence-corrected chi connectivity index (χ0v) is 23.3. The van der Waals surface area contributed by atoms with Crippen molar-refractivity contribution < 1.29 is 38.6 Å². The van der Waals surface area contributed by atoms with Crippen LogP contribution >= 0.6 is 0 Å². The van der Waals surface area contributed by atoms with Gasteiger partial charge in [0.25, 0.3) is 5.91 Å². The van der Waals surface area contributed by atoms with Crippen molar-refractivity contribution in [1.29, 1.82) is 0 Å². The van der Waals surface area contributed by atoms with Crippen LogP contribution in [0, 0.1) is 0 Å². The zero-order valence-electron chi connectivity index (χ0n) is 23.3. The minimum Gasteiger partial charge on any atom is -0.493 e. The van der Waals surface area contributed by atoms with Crippen molar-refractivity contribution >= 4 is 35.3 Å². The summed E-state index contributed by atoms with van der Waals surface area (Å²) in [5, 5.41) is 11.9. The fourth-order valence-corrected chi connectivity index (χ4v) is 5.40. The van der Waals surface area contributed by atoms with Crippen LogP contribution in [0.2, 0.25) is 0 Å². The van der Waals surface area contributed by atoms with E-state index in [-0.39, 0.29) is 37.5 Å². The maximum atomic E-state index is 13.2. The molecule has 0 aliphatic carbocycles. The summed E-state index contributed by atoms with van der Waals surface area (Å²) in [6.07, 6.45) is 2.27. The van der Waals surface area contributed by atoms with E-state index in [2.05, 4.69) is 11.4 Å². The number of ether oxygens (including phenoxy) is 2. The number of carboxylic acid groups (broad SMARTS) is 1. The van der Waals surface area contributed by atoms with E-state index in [0.29, 0.717) is 43.7 Å². The van der Waals surface area contributed by atoms with E-state index >= 15 is 0 Å². The van der Waals surface area contributed by atoms with Gasteiger partial charge in [-0.2, -0.15) is 0 Å². The summed E-state index contributed by atoms with van der Waals surface area (Å²) in [6.45, 7) is 3.46. The lowest BCUT2D eigenvalue weighted by atomic mass is 9.95. The molecule has 1 fully saturated rings. The van der Waals surface area contributed by atoms with Gasteiger partial charge in [-0.3, -0.25) is 14.4 Å². The Balaban J connectivity index is 1.33. The van der Waals surface area contributed by atoms with E-state index in [4.69, 9.17) is 9.47 Å². The second kappa shape index (κ2) is 12.8. The first-order valence-corrected chi connectivity index (χ1v) is 13.8. The molecule has 1 atom stereocenters. The number of piperidine rings is 1. The molecule has 2 N–H and O–H groups in total. The predicted molar refractivity (Wildman–Crippen MR) is 149 cm³/mol. The maximum absolute atomic E-state index is 13.2. The summed E-state index contributed by atoms with van der Waals surface area (Å²) < 4.78 is 10.5. The van der Waals surface area contributed by atoms with Gasteiger partial charge in [0.1, 0.15) is 5.75 Å². The molecule has 2 aliphatic heterocycles. The standard InChI is InChI=1S/C30H35N3O8/c1-3-40-29(39)30(28(37)38,31-20(2)34)16-19-41-24-11-8-22(9-12-24)27(36)32-17-14-23(15-18-32)33-25-7-5-4-6-21(25)10-13-26(33)35/h4-9,11-12,23H,3,10,13-19H2,1-2H3,(H,31,34)(H,37,38). The number of esters is 1. The number of carbonyl (C=O) groups excluding carboxylic acids is 4. The van der Waals surface area contributed by atoms with Crippen LogP contribution in [0.1, 0.15) is 55.5 Å². The van der Waals surface area contributed by atoms with Crippen molar-refractivity contribution in [2.24, 2.45) is 0 Å². The highest BCUT2D eigenvalue weighted by Gasteiger charge is 2.48. The number of anilines is 1. The number of rotatable bonds is 10. The molecule has 0 spiro atoms. The minimum atomic E-state index is -2.27. The summed E-state index contributed by atoms with van der Waals surface area (Å²) in [5.41, 5.74) is 0.353. The number of likely N-dealkylation sites (tertiary alicyclic amines) is 1. The van der Waals surface area contributed by atoms with Crippen molar-refractivity contribution in [3.8, 4) is 5.75 Å². The molecule has 0 bridgehead atoms. The van der Waals surface area contributed by atoms with Crippen LogP contribution in [0.25, 0.3) is 0 Å². The largest absolute Gasteiger partial charge is 0.493 e. The van der Waals surface area contributed by atoms with Crippen LogP contribution in [-0.2, 0) is 30.3 Å². The van der Waals surface area contributed by atoms with Gasteiger partial charge in [-0.25, -0.2) is 9.59 Å². The van der Waals surface area contributed by atoms with Gasteiger partial charge in [-0.1, -0.05) is 18.2 Å². The smallest absolute Gasteiger partial charge is 0.343 e. The van der Waals surface area contributed by atoms with Crippen molar-refractivity contribution in [3.63, 3.8) is 0 Å². The number of fused-ring (bicyclic) bond motifs is 1. The first-order valence-electron chi connectivity index (χ1n) is 13.8. The number of hydrogen-bond acceptors (Lipinski definition) is 7. The Morgan fingerprint density at radius 1 is 1.02 bits per heavy atom. The molecule has 0 radical (unpaired) electrons. The molecule has 4 rings (SSSR count). The number of aliphatic carboxylic acids is 1. The van der Waals surface area contributed by atoms with E-state index < -0.39 is 23.4 Å². The highest BCUT2D eigenvalue weighted by molar-refractivity contribution is 6.07. The lowest BCUT2D eigenvalue weighted by Gasteiger charge is -2.41. The van der Waals surface area contributed by atoms with Gasteiger partial charge < -0.3 is 29.7 Å². The molecule has 1 unspecified atom stereocenters. The summed E-state index contributed by atoms with van der Waals surface area (Å²) in [5.74, 6) is -2.95. The molecule has 1 saturated heterocycles. The quantitative estimate of drug-likeness (QED) is 0.331. The number of nitrogens with one attached hydrogen (secondary N) is 1. The van der Waals surface area contributed by atoms with Crippen LogP contribution in [0.4, 0.5) is 5.69 Å². The third-order valence-corrected chi connectivity index (χ3v) is 7.47. The van der Waals surface area contributed by atoms with E-state index in [9.17, 15) is 29.1 Å². The average molecular weight is 566 g/mol. The molecule has 2 aliphatic rings.